The molecule has 0 aliphatic carbocycles. The standard InChI is InChI=1S/C28H25ClTe/c1-18-5-10-22(11-6-18)23-12-7-19(2)15-26(23)30(29)27-16-20(3)8-13-24(27)25-14-9-21(4)17-28(25)30/h5-17H,1-4H3. The van der Waals surface area contributed by atoms with Gasteiger partial charge in [0.1, 0.15) is 0 Å². The Morgan fingerprint density at radius 2 is 0.833 bits per heavy atom. The second-order valence-corrected chi connectivity index (χ2v) is 18.3. The van der Waals surface area contributed by atoms with E-state index < -0.39 is 17.1 Å². The van der Waals surface area contributed by atoms with E-state index in [-0.39, 0.29) is 0 Å². The van der Waals surface area contributed by atoms with Crippen LogP contribution in [-0.4, -0.2) is 17.1 Å². The van der Waals surface area contributed by atoms with Crippen LogP contribution in [0.5, 0.6) is 0 Å². The van der Waals surface area contributed by atoms with Gasteiger partial charge in [-0.25, -0.2) is 0 Å². The molecule has 1 aliphatic rings. The average Bonchev–Trinajstić information content (AvgIpc) is 2.97. The number of halogens is 1. The molecule has 1 aliphatic heterocycles. The van der Waals surface area contributed by atoms with Gasteiger partial charge >= 0.3 is 188 Å². The maximum atomic E-state index is 7.95. The summed E-state index contributed by atoms with van der Waals surface area (Å²) in [4.78, 5) is 0. The molecular weight excluding hydrogens is 499 g/mol. The first-order valence-electron chi connectivity index (χ1n) is 10.3. The van der Waals surface area contributed by atoms with Crippen LogP contribution in [0.15, 0.2) is 78.9 Å². The third-order valence-corrected chi connectivity index (χ3v) is 17.4. The van der Waals surface area contributed by atoms with Gasteiger partial charge in [-0.2, -0.15) is 0 Å². The molecule has 5 rings (SSSR count). The minimum absolute atomic E-state index is 1.25. The van der Waals surface area contributed by atoms with Crippen LogP contribution in [0.3, 0.4) is 0 Å². The third kappa shape index (κ3) is 3.04. The van der Waals surface area contributed by atoms with Crippen LogP contribution in [0.25, 0.3) is 22.3 Å². The Hall–Kier alpha value is -2.04. The first-order chi connectivity index (χ1) is 14.4. The van der Waals surface area contributed by atoms with Gasteiger partial charge in [0.15, 0.2) is 0 Å². The van der Waals surface area contributed by atoms with Gasteiger partial charge in [-0.15, -0.1) is 0 Å². The molecule has 4 aromatic carbocycles. The Kier molecular flexibility index (Phi) is 4.83. The normalized spacial score (nSPS) is 14.8. The summed E-state index contributed by atoms with van der Waals surface area (Å²) in [6.45, 7) is 8.65. The summed E-state index contributed by atoms with van der Waals surface area (Å²) in [5, 5.41) is 0. The fourth-order valence-electron chi connectivity index (χ4n) is 4.36. The summed E-state index contributed by atoms with van der Waals surface area (Å²) in [6, 6.07) is 29.4. The van der Waals surface area contributed by atoms with Crippen molar-refractivity contribution in [3.8, 4) is 22.3 Å². The SMILES string of the molecule is Cc1ccc(-c2ccc(C)cc2[Te]2(Cl)c3cc(C)ccc3-c3ccc(C)cc32)cc1. The predicted molar refractivity (Wildman–Crippen MR) is 133 cm³/mol. The molecule has 0 unspecified atom stereocenters. The van der Waals surface area contributed by atoms with Gasteiger partial charge in [0.25, 0.3) is 0 Å². The second-order valence-electron chi connectivity index (χ2n) is 8.40. The molecule has 0 aromatic heterocycles. The first kappa shape index (κ1) is 19.9. The summed E-state index contributed by atoms with van der Waals surface area (Å²) in [5.41, 5.74) is 10.3. The van der Waals surface area contributed by atoms with Crippen molar-refractivity contribution in [2.45, 2.75) is 27.7 Å². The zero-order chi connectivity index (χ0) is 21.0. The summed E-state index contributed by atoms with van der Waals surface area (Å²) < 4.78 is 4.09. The Balaban J connectivity index is 1.87. The minimum atomic E-state index is -3.39. The predicted octanol–water partition coefficient (Wildman–Crippen LogP) is 5.77. The molecule has 0 radical (unpaired) electrons. The topological polar surface area (TPSA) is 0 Å². The first-order valence-corrected chi connectivity index (χ1v) is 16.7. The van der Waals surface area contributed by atoms with Gasteiger partial charge < -0.3 is 0 Å². The molecule has 0 saturated heterocycles. The average molecular weight is 525 g/mol. The van der Waals surface area contributed by atoms with E-state index in [0.29, 0.717) is 0 Å². The van der Waals surface area contributed by atoms with Crippen LogP contribution in [0.2, 0.25) is 0 Å². The number of aryl methyl sites for hydroxylation is 4. The van der Waals surface area contributed by atoms with Gasteiger partial charge in [0.2, 0.25) is 0 Å². The van der Waals surface area contributed by atoms with Crippen molar-refractivity contribution in [3.05, 3.63) is 101 Å². The Labute approximate surface area is 187 Å². The number of hydrogen-bond acceptors (Lipinski definition) is 0. The molecule has 0 nitrogen and oxygen atoms in total. The van der Waals surface area contributed by atoms with Gasteiger partial charge in [-0.1, -0.05) is 0 Å². The molecule has 2 heteroatoms. The second kappa shape index (κ2) is 7.28. The molecule has 0 fully saturated rings. The molecule has 30 heavy (non-hydrogen) atoms. The van der Waals surface area contributed by atoms with E-state index in [1.165, 1.54) is 55.3 Å². The van der Waals surface area contributed by atoms with Crippen LogP contribution >= 0.6 is 8.96 Å². The maximum absolute atomic E-state index is 7.95. The van der Waals surface area contributed by atoms with E-state index in [1.54, 1.807) is 0 Å². The Morgan fingerprint density at radius 1 is 0.467 bits per heavy atom. The quantitative estimate of drug-likeness (QED) is 0.292. The van der Waals surface area contributed by atoms with Crippen molar-refractivity contribution in [2.75, 3.05) is 0 Å². The molecule has 1 heterocycles. The number of fused-ring (bicyclic) bond motifs is 3. The molecule has 0 N–H and O–H groups in total. The van der Waals surface area contributed by atoms with Crippen LogP contribution in [0.4, 0.5) is 0 Å². The summed E-state index contributed by atoms with van der Waals surface area (Å²) in [7, 11) is 7.95. The van der Waals surface area contributed by atoms with Crippen LogP contribution < -0.4 is 10.8 Å². The number of benzene rings is 4. The van der Waals surface area contributed by atoms with E-state index in [9.17, 15) is 0 Å². The monoisotopic (exact) mass is 526 g/mol. The van der Waals surface area contributed by atoms with E-state index in [2.05, 4.69) is 107 Å². The molecule has 4 aromatic rings. The fraction of sp³-hybridized carbons (Fsp3) is 0.143. The zero-order valence-electron chi connectivity index (χ0n) is 17.8. The van der Waals surface area contributed by atoms with Gasteiger partial charge in [-0.3, -0.25) is 0 Å². The van der Waals surface area contributed by atoms with Crippen molar-refractivity contribution in [3.63, 3.8) is 0 Å². The van der Waals surface area contributed by atoms with Crippen molar-refractivity contribution < 1.29 is 0 Å². The molecular formula is C28H25ClTe. The summed E-state index contributed by atoms with van der Waals surface area (Å²) in [6.07, 6.45) is 0. The third-order valence-electron chi connectivity index (χ3n) is 5.97. The van der Waals surface area contributed by atoms with E-state index in [4.69, 9.17) is 8.96 Å². The van der Waals surface area contributed by atoms with Gasteiger partial charge in [-0.05, 0) is 0 Å². The van der Waals surface area contributed by atoms with Gasteiger partial charge in [0.05, 0.1) is 0 Å². The zero-order valence-corrected chi connectivity index (χ0v) is 20.9. The van der Waals surface area contributed by atoms with Crippen molar-refractivity contribution >= 4 is 36.9 Å². The van der Waals surface area contributed by atoms with Crippen LogP contribution in [-0.2, 0) is 0 Å². The molecule has 0 saturated carbocycles. The van der Waals surface area contributed by atoms with Crippen molar-refractivity contribution in [1.29, 1.82) is 0 Å². The van der Waals surface area contributed by atoms with Crippen LogP contribution in [0.1, 0.15) is 22.3 Å². The fourth-order valence-corrected chi connectivity index (χ4v) is 16.1. The van der Waals surface area contributed by atoms with Crippen molar-refractivity contribution in [2.24, 2.45) is 0 Å². The Bertz CT molecular complexity index is 1230. The van der Waals surface area contributed by atoms with Crippen molar-refractivity contribution in [1.82, 2.24) is 0 Å². The summed E-state index contributed by atoms with van der Waals surface area (Å²) in [5.74, 6) is 0. The van der Waals surface area contributed by atoms with Crippen LogP contribution in [0, 0.1) is 27.7 Å². The van der Waals surface area contributed by atoms with E-state index in [1.807, 2.05) is 0 Å². The molecule has 0 spiro atoms. The summed E-state index contributed by atoms with van der Waals surface area (Å²) >= 11 is -3.39. The van der Waals surface area contributed by atoms with Gasteiger partial charge in [0, 0.05) is 0 Å². The molecule has 0 bridgehead atoms. The molecule has 150 valence electrons. The molecule has 0 amide bonds. The Morgan fingerprint density at radius 3 is 1.30 bits per heavy atom. The van der Waals surface area contributed by atoms with E-state index >= 15 is 0 Å². The van der Waals surface area contributed by atoms with E-state index in [0.717, 1.165) is 0 Å². The number of rotatable bonds is 2. The number of hydrogen-bond donors (Lipinski definition) is 0. The molecule has 0 atom stereocenters.